The molecule has 1 aromatic heterocycles. The molecule has 0 unspecified atom stereocenters. The molecule has 0 amide bonds. The highest BCUT2D eigenvalue weighted by Gasteiger charge is 2.50. The molecule has 1 aliphatic carbocycles. The molecule has 150 valence electrons. The van der Waals surface area contributed by atoms with Crippen molar-refractivity contribution in [1.29, 1.82) is 5.26 Å². The van der Waals surface area contributed by atoms with Gasteiger partial charge in [-0.05, 0) is 49.4 Å². The smallest absolute Gasteiger partial charge is 0.247 e. The Kier molecular flexibility index (Phi) is 7.19. The predicted molar refractivity (Wildman–Crippen MR) is 107 cm³/mol. The van der Waals surface area contributed by atoms with E-state index in [-0.39, 0.29) is 5.82 Å². The van der Waals surface area contributed by atoms with E-state index >= 15 is 0 Å². The average Bonchev–Trinajstić information content (AvgIpc) is 3.36. The van der Waals surface area contributed by atoms with Crippen LogP contribution in [-0.4, -0.2) is 10.2 Å². The number of benzene rings is 1. The van der Waals surface area contributed by atoms with E-state index in [2.05, 4.69) is 23.2 Å². The highest BCUT2D eigenvalue weighted by Crippen LogP contribution is 2.47. The molecule has 1 fully saturated rings. The molecule has 0 saturated heterocycles. The Hall–Kier alpha value is -2.22. The van der Waals surface area contributed by atoms with Gasteiger partial charge < -0.3 is 4.42 Å². The summed E-state index contributed by atoms with van der Waals surface area (Å²) in [6, 6.07) is 7.20. The van der Waals surface area contributed by atoms with Gasteiger partial charge in [0.2, 0.25) is 11.8 Å². The van der Waals surface area contributed by atoms with E-state index in [9.17, 15) is 9.65 Å². The van der Waals surface area contributed by atoms with Crippen LogP contribution in [0, 0.1) is 17.1 Å². The van der Waals surface area contributed by atoms with Gasteiger partial charge in [0.1, 0.15) is 11.2 Å². The normalized spacial score (nSPS) is 14.8. The summed E-state index contributed by atoms with van der Waals surface area (Å²) in [6.45, 7) is 2.24. The highest BCUT2D eigenvalue weighted by atomic mass is 19.1. The molecule has 0 bridgehead atoms. The van der Waals surface area contributed by atoms with Crippen molar-refractivity contribution >= 4 is 0 Å². The number of aryl methyl sites for hydroxylation is 1. The Morgan fingerprint density at radius 3 is 2.36 bits per heavy atom. The van der Waals surface area contributed by atoms with Crippen LogP contribution in [0.1, 0.15) is 89.0 Å². The van der Waals surface area contributed by atoms with Gasteiger partial charge in [-0.1, -0.05) is 58.3 Å². The Morgan fingerprint density at radius 1 is 1.04 bits per heavy atom. The average molecular weight is 384 g/mol. The fraction of sp³-hybridized carbons (Fsp3) is 0.609. The van der Waals surface area contributed by atoms with Crippen molar-refractivity contribution in [3.05, 3.63) is 35.5 Å². The molecular weight excluding hydrogens is 353 g/mol. The first kappa shape index (κ1) is 20.5. The number of hydrogen-bond donors (Lipinski definition) is 0. The lowest BCUT2D eigenvalue weighted by molar-refractivity contribution is 0.481. The van der Waals surface area contributed by atoms with Crippen LogP contribution in [0.2, 0.25) is 0 Å². The first-order chi connectivity index (χ1) is 13.7. The molecular formula is C23H30FN3O. The van der Waals surface area contributed by atoms with E-state index < -0.39 is 5.41 Å². The second-order valence-corrected chi connectivity index (χ2v) is 7.99. The maximum atomic E-state index is 14.2. The molecule has 1 saturated carbocycles. The Balaban J connectivity index is 1.48. The first-order valence-corrected chi connectivity index (χ1v) is 10.7. The molecule has 28 heavy (non-hydrogen) atoms. The van der Waals surface area contributed by atoms with Gasteiger partial charge in [0.05, 0.1) is 6.07 Å². The quantitative estimate of drug-likeness (QED) is 0.392. The van der Waals surface area contributed by atoms with Gasteiger partial charge in [0.15, 0.2) is 0 Å². The number of aromatic nitrogens is 2. The second-order valence-electron chi connectivity index (χ2n) is 7.99. The van der Waals surface area contributed by atoms with E-state index in [0.29, 0.717) is 17.3 Å². The third-order valence-electron chi connectivity index (χ3n) is 5.64. The minimum atomic E-state index is -0.593. The van der Waals surface area contributed by atoms with Crippen LogP contribution in [-0.2, 0) is 11.8 Å². The van der Waals surface area contributed by atoms with E-state index in [1.165, 1.54) is 51.0 Å². The highest BCUT2D eigenvalue weighted by molar-refractivity contribution is 5.54. The molecule has 0 atom stereocenters. The van der Waals surface area contributed by atoms with Crippen molar-refractivity contribution in [3.8, 4) is 17.5 Å². The summed E-state index contributed by atoms with van der Waals surface area (Å²) in [5.41, 5.74) is 0.825. The monoisotopic (exact) mass is 383 g/mol. The Labute approximate surface area is 167 Å². The number of rotatable bonds is 12. The van der Waals surface area contributed by atoms with Crippen LogP contribution in [0.25, 0.3) is 11.5 Å². The Morgan fingerprint density at radius 2 is 1.71 bits per heavy atom. The van der Waals surface area contributed by atoms with Gasteiger partial charge in [-0.25, -0.2) is 4.39 Å². The summed E-state index contributed by atoms with van der Waals surface area (Å²) < 4.78 is 19.9. The van der Waals surface area contributed by atoms with E-state index in [0.717, 1.165) is 37.7 Å². The summed E-state index contributed by atoms with van der Waals surface area (Å²) in [5.74, 6) is 0.568. The van der Waals surface area contributed by atoms with Crippen molar-refractivity contribution in [1.82, 2.24) is 10.2 Å². The summed E-state index contributed by atoms with van der Waals surface area (Å²) in [6.07, 6.45) is 13.5. The number of unbranched alkanes of at least 4 members (excludes halogenated alkanes) is 8. The predicted octanol–water partition coefficient (Wildman–Crippen LogP) is 6.50. The Bertz CT molecular complexity index is 804. The summed E-state index contributed by atoms with van der Waals surface area (Å²) >= 11 is 0. The van der Waals surface area contributed by atoms with Crippen LogP contribution in [0.3, 0.4) is 0 Å². The van der Waals surface area contributed by atoms with Gasteiger partial charge in [0, 0.05) is 5.56 Å². The molecule has 0 aliphatic heterocycles. The maximum Gasteiger partial charge on any atom is 0.247 e. The van der Waals surface area contributed by atoms with Crippen molar-refractivity contribution in [2.24, 2.45) is 0 Å². The van der Waals surface area contributed by atoms with Crippen LogP contribution >= 0.6 is 0 Å². The lowest BCUT2D eigenvalue weighted by atomic mass is 10.0. The summed E-state index contributed by atoms with van der Waals surface area (Å²) in [7, 11) is 0. The number of hydrogen-bond acceptors (Lipinski definition) is 4. The minimum Gasteiger partial charge on any atom is -0.419 e. The van der Waals surface area contributed by atoms with Gasteiger partial charge in [-0.15, -0.1) is 10.2 Å². The molecule has 2 aromatic rings. The lowest BCUT2D eigenvalue weighted by Crippen LogP contribution is -2.02. The number of halogens is 1. The SMILES string of the molecule is CCCCCCCCCCCc1cc(-c2nnc(C3(C#N)CC3)o2)ccc1F. The summed E-state index contributed by atoms with van der Waals surface area (Å²) in [4.78, 5) is 0. The van der Waals surface area contributed by atoms with E-state index in [1.807, 2.05) is 6.07 Å². The largest absolute Gasteiger partial charge is 0.419 e. The van der Waals surface area contributed by atoms with Gasteiger partial charge >= 0.3 is 0 Å². The van der Waals surface area contributed by atoms with Crippen LogP contribution in [0.4, 0.5) is 4.39 Å². The van der Waals surface area contributed by atoms with Gasteiger partial charge in [0.25, 0.3) is 0 Å². The van der Waals surface area contributed by atoms with Crippen LogP contribution in [0.15, 0.2) is 22.6 Å². The molecule has 0 N–H and O–H groups in total. The number of nitrogens with zero attached hydrogens (tertiary/aromatic N) is 3. The zero-order chi connectivity index (χ0) is 19.8. The fourth-order valence-corrected chi connectivity index (χ4v) is 3.56. The maximum absolute atomic E-state index is 14.2. The van der Waals surface area contributed by atoms with Crippen LogP contribution in [0.5, 0.6) is 0 Å². The van der Waals surface area contributed by atoms with E-state index in [4.69, 9.17) is 4.42 Å². The molecule has 0 radical (unpaired) electrons. The van der Waals surface area contributed by atoms with Gasteiger partial charge in [-0.2, -0.15) is 5.26 Å². The molecule has 4 nitrogen and oxygen atoms in total. The number of nitriles is 1. The third-order valence-corrected chi connectivity index (χ3v) is 5.64. The molecule has 5 heteroatoms. The van der Waals surface area contributed by atoms with Gasteiger partial charge in [-0.3, -0.25) is 0 Å². The zero-order valence-corrected chi connectivity index (χ0v) is 16.8. The molecule has 1 aromatic carbocycles. The van der Waals surface area contributed by atoms with Crippen LogP contribution < -0.4 is 0 Å². The lowest BCUT2D eigenvalue weighted by Gasteiger charge is -2.06. The first-order valence-electron chi connectivity index (χ1n) is 10.7. The zero-order valence-electron chi connectivity index (χ0n) is 16.8. The molecule has 1 heterocycles. The topological polar surface area (TPSA) is 62.7 Å². The molecule has 1 aliphatic rings. The van der Waals surface area contributed by atoms with Crippen molar-refractivity contribution in [2.75, 3.05) is 0 Å². The third kappa shape index (κ3) is 5.19. The minimum absolute atomic E-state index is 0.182. The second kappa shape index (κ2) is 9.82. The van der Waals surface area contributed by atoms with Crippen molar-refractivity contribution < 1.29 is 8.81 Å². The van der Waals surface area contributed by atoms with E-state index in [1.54, 1.807) is 6.07 Å². The van der Waals surface area contributed by atoms with Crippen molar-refractivity contribution in [3.63, 3.8) is 0 Å². The summed E-state index contributed by atoms with van der Waals surface area (Å²) in [5, 5.41) is 17.4. The fourth-order valence-electron chi connectivity index (χ4n) is 3.56. The standard InChI is InChI=1S/C23H30FN3O/c1-2-3-4-5-6-7-8-9-10-11-18-16-19(12-13-20(18)24)21-26-27-22(28-21)23(17-25)14-15-23/h12-13,16H,2-11,14-15H2,1H3. The van der Waals surface area contributed by atoms with Crippen molar-refractivity contribution in [2.45, 2.75) is 89.4 Å². The molecule has 3 rings (SSSR count). The molecule has 0 spiro atoms.